The van der Waals surface area contributed by atoms with E-state index in [0.29, 0.717) is 0 Å². The van der Waals surface area contributed by atoms with Crippen LogP contribution in [0.4, 0.5) is 0 Å². The lowest BCUT2D eigenvalue weighted by Gasteiger charge is -1.92. The normalized spacial score (nSPS) is 14.7. The Morgan fingerprint density at radius 3 is 3.20 bits per heavy atom. The van der Waals surface area contributed by atoms with Gasteiger partial charge in [-0.25, -0.2) is 9.97 Å². The zero-order valence-corrected chi connectivity index (χ0v) is 7.24. The molecule has 1 aliphatic rings. The zero-order chi connectivity index (χ0) is 6.97. The van der Waals surface area contributed by atoms with Gasteiger partial charge in [0.1, 0.15) is 10.0 Å². The van der Waals surface area contributed by atoms with Gasteiger partial charge in [0.05, 0.1) is 12.2 Å². The summed E-state index contributed by atoms with van der Waals surface area (Å²) in [5.74, 6) is 0. The van der Waals surface area contributed by atoms with E-state index in [4.69, 9.17) is 0 Å². The maximum absolute atomic E-state index is 4.20. The average molecular weight is 245 g/mol. The highest BCUT2D eigenvalue weighted by atomic mass is 127. The summed E-state index contributed by atoms with van der Waals surface area (Å²) in [6, 6.07) is 0. The Hall–Kier alpha value is -0.520. The van der Waals surface area contributed by atoms with E-state index in [-0.39, 0.29) is 0 Å². The van der Waals surface area contributed by atoms with Crippen molar-refractivity contribution in [3.8, 4) is 0 Å². The Morgan fingerprint density at radius 1 is 1.50 bits per heavy atom. The molecule has 0 atom stereocenters. The van der Waals surface area contributed by atoms with Crippen molar-refractivity contribution in [2.75, 3.05) is 0 Å². The predicted molar refractivity (Wildman–Crippen MR) is 46.3 cm³/mol. The number of aromatic nitrogens is 2. The van der Waals surface area contributed by atoms with Crippen LogP contribution in [0.5, 0.6) is 0 Å². The van der Waals surface area contributed by atoms with Crippen LogP contribution in [0.25, 0.3) is 0 Å². The van der Waals surface area contributed by atoms with Crippen molar-refractivity contribution in [2.24, 2.45) is 4.99 Å². The molecule has 0 bridgehead atoms. The van der Waals surface area contributed by atoms with E-state index < -0.39 is 0 Å². The zero-order valence-electron chi connectivity index (χ0n) is 5.08. The summed E-state index contributed by atoms with van der Waals surface area (Å²) in [5, 5.41) is 0. The van der Waals surface area contributed by atoms with Gasteiger partial charge in [-0.15, -0.1) is 0 Å². The molecule has 0 N–H and O–H groups in total. The lowest BCUT2D eigenvalue weighted by Crippen LogP contribution is -1.92. The molecule has 0 aromatic carbocycles. The minimum absolute atomic E-state index is 0.718. The van der Waals surface area contributed by atoms with Crippen LogP contribution in [0.3, 0.4) is 0 Å². The standard InChI is InChI=1S/C6H4IN3/c7-6-4-1-8-3-10-5(4)2-9-6/h1,3H,2H2. The van der Waals surface area contributed by atoms with Crippen molar-refractivity contribution < 1.29 is 0 Å². The summed E-state index contributed by atoms with van der Waals surface area (Å²) in [4.78, 5) is 12.2. The van der Waals surface area contributed by atoms with E-state index in [9.17, 15) is 0 Å². The van der Waals surface area contributed by atoms with Crippen molar-refractivity contribution in [2.45, 2.75) is 6.54 Å². The molecule has 0 radical (unpaired) electrons. The maximum Gasteiger partial charge on any atom is 0.115 e. The van der Waals surface area contributed by atoms with Crippen molar-refractivity contribution >= 4 is 26.3 Å². The van der Waals surface area contributed by atoms with Gasteiger partial charge >= 0.3 is 0 Å². The van der Waals surface area contributed by atoms with Gasteiger partial charge in [-0.2, -0.15) is 0 Å². The molecule has 1 aliphatic heterocycles. The van der Waals surface area contributed by atoms with Crippen LogP contribution in [-0.2, 0) is 6.54 Å². The summed E-state index contributed by atoms with van der Waals surface area (Å²) in [7, 11) is 0. The molecule has 0 aliphatic carbocycles. The quantitative estimate of drug-likeness (QED) is 0.643. The van der Waals surface area contributed by atoms with Crippen LogP contribution >= 0.6 is 22.6 Å². The lowest BCUT2D eigenvalue weighted by atomic mass is 10.3. The number of rotatable bonds is 0. The second-order valence-electron chi connectivity index (χ2n) is 1.99. The molecule has 1 aromatic rings. The molecule has 2 heterocycles. The first kappa shape index (κ1) is 6.21. The Bertz CT molecular complexity index is 295. The van der Waals surface area contributed by atoms with Gasteiger partial charge in [-0.1, -0.05) is 0 Å². The van der Waals surface area contributed by atoms with Gasteiger partial charge in [0, 0.05) is 11.8 Å². The summed E-state index contributed by atoms with van der Waals surface area (Å²) in [5.41, 5.74) is 2.13. The summed E-state index contributed by atoms with van der Waals surface area (Å²) in [6.45, 7) is 0.718. The van der Waals surface area contributed by atoms with Gasteiger partial charge in [0.25, 0.3) is 0 Å². The summed E-state index contributed by atoms with van der Waals surface area (Å²) < 4.78 is 1.02. The highest BCUT2D eigenvalue weighted by Gasteiger charge is 2.13. The third kappa shape index (κ3) is 0.828. The molecular formula is C6H4IN3. The molecule has 10 heavy (non-hydrogen) atoms. The van der Waals surface area contributed by atoms with Crippen LogP contribution in [0.15, 0.2) is 17.5 Å². The first-order valence-corrected chi connectivity index (χ1v) is 3.95. The first-order chi connectivity index (χ1) is 4.88. The third-order valence-electron chi connectivity index (χ3n) is 1.38. The lowest BCUT2D eigenvalue weighted by molar-refractivity contribution is 0.993. The van der Waals surface area contributed by atoms with Gasteiger partial charge < -0.3 is 0 Å². The Balaban J connectivity index is 2.61. The molecule has 0 saturated carbocycles. The smallest absolute Gasteiger partial charge is 0.115 e. The van der Waals surface area contributed by atoms with Crippen LogP contribution in [-0.4, -0.2) is 13.7 Å². The maximum atomic E-state index is 4.20. The number of aliphatic imine (C=N–C) groups is 1. The molecule has 1 aromatic heterocycles. The molecule has 0 unspecified atom stereocenters. The minimum atomic E-state index is 0.718. The van der Waals surface area contributed by atoms with Gasteiger partial charge in [-0.3, -0.25) is 4.99 Å². The second kappa shape index (κ2) is 2.26. The largest absolute Gasteiger partial charge is 0.272 e. The molecule has 2 rings (SSSR count). The van der Waals surface area contributed by atoms with E-state index in [1.54, 1.807) is 12.5 Å². The van der Waals surface area contributed by atoms with Crippen molar-refractivity contribution in [1.29, 1.82) is 0 Å². The van der Waals surface area contributed by atoms with E-state index in [1.165, 1.54) is 0 Å². The summed E-state index contributed by atoms with van der Waals surface area (Å²) in [6.07, 6.45) is 3.37. The number of hydrogen-bond donors (Lipinski definition) is 0. The fourth-order valence-corrected chi connectivity index (χ4v) is 1.50. The van der Waals surface area contributed by atoms with Crippen molar-refractivity contribution in [1.82, 2.24) is 9.97 Å². The van der Waals surface area contributed by atoms with E-state index in [2.05, 4.69) is 37.6 Å². The summed E-state index contributed by atoms with van der Waals surface area (Å²) >= 11 is 2.19. The highest BCUT2D eigenvalue weighted by molar-refractivity contribution is 14.1. The van der Waals surface area contributed by atoms with E-state index in [1.807, 2.05) is 0 Å². The van der Waals surface area contributed by atoms with E-state index >= 15 is 0 Å². The fraction of sp³-hybridized carbons (Fsp3) is 0.167. The number of halogens is 1. The van der Waals surface area contributed by atoms with Crippen LogP contribution in [0.2, 0.25) is 0 Å². The third-order valence-corrected chi connectivity index (χ3v) is 2.31. The molecule has 0 amide bonds. The van der Waals surface area contributed by atoms with Gasteiger partial charge in [0.2, 0.25) is 0 Å². The Kier molecular flexibility index (Phi) is 1.40. The number of fused-ring (bicyclic) bond motifs is 1. The Morgan fingerprint density at radius 2 is 2.40 bits per heavy atom. The topological polar surface area (TPSA) is 38.1 Å². The minimum Gasteiger partial charge on any atom is -0.272 e. The van der Waals surface area contributed by atoms with Crippen LogP contribution in [0.1, 0.15) is 11.3 Å². The monoisotopic (exact) mass is 245 g/mol. The first-order valence-electron chi connectivity index (χ1n) is 2.87. The van der Waals surface area contributed by atoms with Crippen LogP contribution in [0, 0.1) is 0 Å². The Labute approximate surface area is 71.8 Å². The fourth-order valence-electron chi connectivity index (χ4n) is 0.883. The molecule has 0 spiro atoms. The van der Waals surface area contributed by atoms with Gasteiger partial charge in [0.15, 0.2) is 0 Å². The predicted octanol–water partition coefficient (Wildman–Crippen LogP) is 1.17. The second-order valence-corrected chi connectivity index (χ2v) is 3.01. The molecule has 3 nitrogen and oxygen atoms in total. The van der Waals surface area contributed by atoms with Crippen LogP contribution < -0.4 is 0 Å². The number of hydrogen-bond acceptors (Lipinski definition) is 3. The average Bonchev–Trinajstić information content (AvgIpc) is 2.34. The van der Waals surface area contributed by atoms with Crippen molar-refractivity contribution in [3.63, 3.8) is 0 Å². The molecule has 0 fully saturated rings. The van der Waals surface area contributed by atoms with Gasteiger partial charge in [-0.05, 0) is 22.6 Å². The highest BCUT2D eigenvalue weighted by Crippen LogP contribution is 2.17. The van der Waals surface area contributed by atoms with E-state index in [0.717, 1.165) is 21.5 Å². The molecule has 4 heteroatoms. The molecular weight excluding hydrogens is 241 g/mol. The SMILES string of the molecule is IC1=NCc2ncncc21. The molecule has 50 valence electrons. The van der Waals surface area contributed by atoms with Crippen molar-refractivity contribution in [3.05, 3.63) is 23.8 Å². The molecule has 0 saturated heterocycles. The number of nitrogens with zero attached hydrogens (tertiary/aromatic N) is 3.